The zero-order valence-corrected chi connectivity index (χ0v) is 56.1. The van der Waals surface area contributed by atoms with Crippen molar-refractivity contribution in [3.63, 3.8) is 0 Å². The van der Waals surface area contributed by atoms with Crippen LogP contribution in [0.3, 0.4) is 0 Å². The van der Waals surface area contributed by atoms with Crippen LogP contribution in [0.4, 0.5) is 0 Å². The van der Waals surface area contributed by atoms with Crippen LogP contribution in [0.5, 0.6) is 51.7 Å². The lowest BCUT2D eigenvalue weighted by molar-refractivity contribution is 0.156. The Labute approximate surface area is 546 Å². The Morgan fingerprint density at radius 2 is 0.798 bits per heavy atom. The van der Waals surface area contributed by atoms with Crippen LogP contribution in [0.15, 0.2) is 166 Å². The molecule has 15 nitrogen and oxygen atoms in total. The number of benzene rings is 6. The quantitative estimate of drug-likeness (QED) is 0.0973. The molecule has 94 heavy (non-hydrogen) atoms. The first-order chi connectivity index (χ1) is 44.6. The molecular weight excluding hydrogens is 1190 g/mol. The standard InChI is InChI=1S/C27H28O6.C26H26O5.C26H26O4/c1-15(2)7-9-17-23(28)22-24(29)19(16-8-10-20(30-5)21(13-16)31-6)14-32-26(22)18-11-12-27(3,4)33-25(17)18;1-15(2)6-11-18-22(27)21-23(28)20(16-7-9-17(29-5)10-8-16)14-30-25(21)19-12-13-26(3,4)31-24(18)19;1-15(2)6-11-19-24-18(12-13-26(4,5)30-24)22(27)21-23(28)20(14-29-25(19)21)17-9-7-16(3)8-10-17/h7-8,10-14,28H,9H2,1-6H3;6-10,12-14,27H,11H2,1-5H3;6-10,12-14,27H,11H2,1-5H3. The molecular formula is C79H80O15. The minimum atomic E-state index is -0.549. The molecule has 6 heterocycles. The summed E-state index contributed by atoms with van der Waals surface area (Å²) in [7, 11) is 4.67. The monoisotopic (exact) mass is 1270 g/mol. The van der Waals surface area contributed by atoms with Crippen molar-refractivity contribution in [1.29, 1.82) is 0 Å². The van der Waals surface area contributed by atoms with Crippen molar-refractivity contribution in [3.8, 4) is 85.1 Å². The van der Waals surface area contributed by atoms with Crippen molar-refractivity contribution in [2.75, 3.05) is 21.3 Å². The number of aryl methyl sites for hydroxylation is 1. The second-order valence-electron chi connectivity index (χ2n) is 26.0. The average Bonchev–Trinajstić information content (AvgIpc) is 0.750. The van der Waals surface area contributed by atoms with Gasteiger partial charge in [-0.25, -0.2) is 0 Å². The van der Waals surface area contributed by atoms with Crippen LogP contribution in [0.2, 0.25) is 0 Å². The minimum Gasteiger partial charge on any atom is -0.507 e. The van der Waals surface area contributed by atoms with Gasteiger partial charge in [-0.2, -0.15) is 0 Å². The molecule has 9 aromatic rings. The second kappa shape index (κ2) is 26.3. The predicted molar refractivity (Wildman–Crippen MR) is 374 cm³/mol. The maximum absolute atomic E-state index is 13.6. The highest BCUT2D eigenvalue weighted by atomic mass is 16.5. The van der Waals surface area contributed by atoms with E-state index in [0.717, 1.165) is 33.4 Å². The molecule has 486 valence electrons. The van der Waals surface area contributed by atoms with Gasteiger partial charge in [0.1, 0.15) is 97.6 Å². The van der Waals surface area contributed by atoms with Gasteiger partial charge in [0.2, 0.25) is 16.3 Å². The summed E-state index contributed by atoms with van der Waals surface area (Å²) in [5.74, 6) is 3.07. The molecule has 0 saturated heterocycles. The summed E-state index contributed by atoms with van der Waals surface area (Å²) in [5.41, 5.74) is 9.88. The fourth-order valence-electron chi connectivity index (χ4n) is 11.4. The molecule has 3 aliphatic rings. The van der Waals surface area contributed by atoms with E-state index in [-0.39, 0.29) is 49.7 Å². The van der Waals surface area contributed by atoms with E-state index in [9.17, 15) is 29.7 Å². The lowest BCUT2D eigenvalue weighted by Crippen LogP contribution is -2.28. The van der Waals surface area contributed by atoms with Gasteiger partial charge < -0.3 is 57.0 Å². The van der Waals surface area contributed by atoms with E-state index in [4.69, 9.17) is 41.7 Å². The van der Waals surface area contributed by atoms with Crippen molar-refractivity contribution in [2.45, 2.75) is 126 Å². The molecule has 0 unspecified atom stereocenters. The van der Waals surface area contributed by atoms with Crippen molar-refractivity contribution < 1.29 is 57.0 Å². The first-order valence-corrected chi connectivity index (χ1v) is 31.0. The molecule has 0 atom stereocenters. The van der Waals surface area contributed by atoms with E-state index in [1.807, 2.05) is 163 Å². The number of phenols is 3. The summed E-state index contributed by atoms with van der Waals surface area (Å²) in [5, 5.41) is 34.0. The van der Waals surface area contributed by atoms with Gasteiger partial charge in [0.15, 0.2) is 22.7 Å². The summed E-state index contributed by atoms with van der Waals surface area (Å²) in [6.45, 7) is 25.7. The summed E-state index contributed by atoms with van der Waals surface area (Å²) in [6, 6.07) is 20.0. The molecule has 15 heteroatoms. The highest BCUT2D eigenvalue weighted by Gasteiger charge is 2.34. The van der Waals surface area contributed by atoms with Crippen molar-refractivity contribution in [3.05, 3.63) is 208 Å². The zero-order chi connectivity index (χ0) is 67.9. The smallest absolute Gasteiger partial charge is 0.204 e. The van der Waals surface area contributed by atoms with Gasteiger partial charge in [-0.1, -0.05) is 83.0 Å². The van der Waals surface area contributed by atoms with E-state index in [1.54, 1.807) is 56.7 Å². The Morgan fingerprint density at radius 3 is 1.21 bits per heavy atom. The fourth-order valence-corrected chi connectivity index (χ4v) is 11.4. The van der Waals surface area contributed by atoms with Gasteiger partial charge in [-0.15, -0.1) is 0 Å². The zero-order valence-electron chi connectivity index (χ0n) is 56.1. The van der Waals surface area contributed by atoms with E-state index < -0.39 is 16.8 Å². The number of ether oxygens (including phenoxy) is 6. The maximum Gasteiger partial charge on any atom is 0.204 e. The minimum absolute atomic E-state index is 0.0959. The highest BCUT2D eigenvalue weighted by Crippen LogP contribution is 2.49. The van der Waals surface area contributed by atoms with Gasteiger partial charge in [0, 0.05) is 16.7 Å². The lowest BCUT2D eigenvalue weighted by atomic mass is 9.93. The second-order valence-corrected chi connectivity index (χ2v) is 26.0. The first kappa shape index (κ1) is 66.5. The molecule has 6 aromatic carbocycles. The van der Waals surface area contributed by atoms with Gasteiger partial charge >= 0.3 is 0 Å². The molecule has 0 saturated carbocycles. The van der Waals surface area contributed by atoms with Crippen molar-refractivity contribution >= 4 is 51.1 Å². The van der Waals surface area contributed by atoms with Crippen LogP contribution in [-0.4, -0.2) is 53.5 Å². The van der Waals surface area contributed by atoms with Crippen LogP contribution < -0.4 is 44.7 Å². The number of methoxy groups -OCH3 is 3. The van der Waals surface area contributed by atoms with Crippen LogP contribution in [0.25, 0.3) is 84.5 Å². The van der Waals surface area contributed by atoms with E-state index in [1.165, 1.54) is 25.9 Å². The molecule has 0 aliphatic carbocycles. The van der Waals surface area contributed by atoms with Crippen molar-refractivity contribution in [1.82, 2.24) is 0 Å². The van der Waals surface area contributed by atoms with Crippen molar-refractivity contribution in [2.24, 2.45) is 0 Å². The summed E-state index contributed by atoms with van der Waals surface area (Å²) in [6.07, 6.45) is 23.2. The van der Waals surface area contributed by atoms with E-state index in [2.05, 4.69) is 6.08 Å². The average molecular weight is 1270 g/mol. The lowest BCUT2D eigenvalue weighted by Gasteiger charge is -2.30. The number of fused-ring (bicyclic) bond motifs is 8. The topological polar surface area (TPSA) is 207 Å². The molecule has 0 fully saturated rings. The van der Waals surface area contributed by atoms with Gasteiger partial charge in [0.25, 0.3) is 0 Å². The number of allylic oxidation sites excluding steroid dienone is 6. The van der Waals surface area contributed by atoms with E-state index >= 15 is 0 Å². The first-order valence-electron chi connectivity index (χ1n) is 31.0. The number of phenolic OH excluding ortho intramolecular Hbond substituents is 3. The molecule has 12 rings (SSSR count). The maximum atomic E-state index is 13.6. The molecule has 3 aliphatic heterocycles. The third-order valence-electron chi connectivity index (χ3n) is 16.5. The number of hydrogen-bond acceptors (Lipinski definition) is 15. The Balaban J connectivity index is 0.000000154. The number of aromatic hydroxyl groups is 3. The summed E-state index contributed by atoms with van der Waals surface area (Å²) < 4.78 is 52.4. The molecule has 0 radical (unpaired) electrons. The van der Waals surface area contributed by atoms with Gasteiger partial charge in [0.05, 0.1) is 54.7 Å². The Bertz CT molecular complexity index is 4850. The van der Waals surface area contributed by atoms with E-state index in [0.29, 0.717) is 126 Å². The normalized spacial score (nSPS) is 14.1. The van der Waals surface area contributed by atoms with Gasteiger partial charge in [-0.3, -0.25) is 14.4 Å². The number of rotatable bonds is 12. The molecule has 3 N–H and O–H groups in total. The third kappa shape index (κ3) is 13.3. The summed E-state index contributed by atoms with van der Waals surface area (Å²) in [4.78, 5) is 40.5. The highest BCUT2D eigenvalue weighted by molar-refractivity contribution is 5.99. The fraction of sp³-hybridized carbons (Fsp3) is 0.278. The third-order valence-corrected chi connectivity index (χ3v) is 16.5. The van der Waals surface area contributed by atoms with Crippen LogP contribution in [0.1, 0.15) is 122 Å². The Hall–Kier alpha value is -10.4. The van der Waals surface area contributed by atoms with Crippen LogP contribution in [-0.2, 0) is 19.3 Å². The Kier molecular flexibility index (Phi) is 18.6. The van der Waals surface area contributed by atoms with Crippen LogP contribution >= 0.6 is 0 Å². The van der Waals surface area contributed by atoms with Crippen LogP contribution in [0, 0.1) is 6.92 Å². The largest absolute Gasteiger partial charge is 0.507 e. The molecule has 0 bridgehead atoms. The molecule has 0 spiro atoms. The van der Waals surface area contributed by atoms with Gasteiger partial charge in [-0.05, 0) is 187 Å². The molecule has 0 amide bonds. The predicted octanol–water partition coefficient (Wildman–Crippen LogP) is 17.9. The number of hydrogen-bond donors (Lipinski definition) is 3. The SMILES string of the molecule is CC(C)=CCc1c2c(c(O)c3c(=O)c(-c4ccc(C)cc4)coc13)C=CC(C)(C)O2.COc1ccc(-c2coc3c4c(c(CC=C(C)C)c(O)c3c2=O)OC(C)(C)C=C4)cc1.COc1ccc(-c2coc3c4c(c(CC=C(C)C)c(O)c3c2=O)OC(C)(C)C=C4)cc1OC. The molecule has 3 aromatic heterocycles. The Morgan fingerprint density at radius 1 is 0.436 bits per heavy atom. The summed E-state index contributed by atoms with van der Waals surface area (Å²) >= 11 is 0.